The molecule has 0 aliphatic carbocycles. The van der Waals surface area contributed by atoms with Crippen molar-refractivity contribution in [3.63, 3.8) is 0 Å². The van der Waals surface area contributed by atoms with Crippen LogP contribution >= 0.6 is 0 Å². The van der Waals surface area contributed by atoms with Crippen LogP contribution in [0.15, 0.2) is 36.7 Å². The Labute approximate surface area is 96.5 Å². The molecule has 1 aromatic heterocycles. The van der Waals surface area contributed by atoms with Crippen molar-refractivity contribution in [1.82, 2.24) is 4.98 Å². The molecule has 0 unspecified atom stereocenters. The summed E-state index contributed by atoms with van der Waals surface area (Å²) in [5.74, 6) is -1.39. The van der Waals surface area contributed by atoms with E-state index in [1.165, 1.54) is 24.5 Å². The van der Waals surface area contributed by atoms with E-state index in [0.29, 0.717) is 5.56 Å². The number of hydrogen-bond donors (Lipinski definition) is 2. The Kier molecular flexibility index (Phi) is 3.17. The molecule has 0 spiro atoms. The summed E-state index contributed by atoms with van der Waals surface area (Å²) < 4.78 is 26.2. The first-order valence-electron chi connectivity index (χ1n) is 4.84. The zero-order valence-corrected chi connectivity index (χ0v) is 8.64. The van der Waals surface area contributed by atoms with Gasteiger partial charge in [0, 0.05) is 35.0 Å². The van der Waals surface area contributed by atoms with Crippen LogP contribution in [0.25, 0.3) is 11.1 Å². The minimum atomic E-state index is -1.68. The smallest absolute Gasteiger partial charge is 0.423 e. The molecule has 3 nitrogen and oxygen atoms in total. The summed E-state index contributed by atoms with van der Waals surface area (Å²) in [5, 5.41) is 17.9. The van der Waals surface area contributed by atoms with Crippen molar-refractivity contribution < 1.29 is 18.8 Å². The van der Waals surface area contributed by atoms with Gasteiger partial charge in [0.1, 0.15) is 11.6 Å². The number of nitrogens with zero attached hydrogens (tertiary/aromatic N) is 1. The van der Waals surface area contributed by atoms with E-state index in [1.807, 2.05) is 0 Å². The number of hydrogen-bond acceptors (Lipinski definition) is 3. The van der Waals surface area contributed by atoms with Gasteiger partial charge in [-0.1, -0.05) is 6.07 Å². The molecule has 17 heavy (non-hydrogen) atoms. The molecule has 0 aliphatic rings. The van der Waals surface area contributed by atoms with Crippen molar-refractivity contribution in [2.45, 2.75) is 0 Å². The van der Waals surface area contributed by atoms with Gasteiger partial charge in [-0.3, -0.25) is 4.98 Å². The highest BCUT2D eigenvalue weighted by molar-refractivity contribution is 6.58. The van der Waals surface area contributed by atoms with Crippen LogP contribution in [-0.4, -0.2) is 22.2 Å². The number of pyridine rings is 1. The maximum atomic E-state index is 13.5. The normalized spacial score (nSPS) is 10.4. The molecule has 0 atom stereocenters. The van der Waals surface area contributed by atoms with Crippen LogP contribution in [0.4, 0.5) is 8.78 Å². The molecule has 0 amide bonds. The summed E-state index contributed by atoms with van der Waals surface area (Å²) in [7, 11) is -1.68. The van der Waals surface area contributed by atoms with Crippen LogP contribution < -0.4 is 5.46 Å². The Bertz CT molecular complexity index is 549. The lowest BCUT2D eigenvalue weighted by atomic mass is 9.80. The monoisotopic (exact) mass is 235 g/mol. The van der Waals surface area contributed by atoms with Gasteiger partial charge in [0.15, 0.2) is 0 Å². The minimum absolute atomic E-state index is 0.145. The van der Waals surface area contributed by atoms with Gasteiger partial charge in [-0.2, -0.15) is 0 Å². The summed E-state index contributed by atoms with van der Waals surface area (Å²) in [5.41, 5.74) is 0.653. The van der Waals surface area contributed by atoms with Crippen molar-refractivity contribution in [2.75, 3.05) is 0 Å². The van der Waals surface area contributed by atoms with E-state index in [-0.39, 0.29) is 11.0 Å². The van der Waals surface area contributed by atoms with Gasteiger partial charge in [-0.05, 0) is 12.1 Å². The summed E-state index contributed by atoms with van der Waals surface area (Å²) in [6, 6.07) is 4.54. The largest absolute Gasteiger partial charge is 0.490 e. The van der Waals surface area contributed by atoms with Crippen molar-refractivity contribution in [2.24, 2.45) is 0 Å². The molecule has 1 heterocycles. The Balaban J connectivity index is 2.49. The van der Waals surface area contributed by atoms with E-state index < -0.39 is 18.8 Å². The molecular formula is C11H8BF2NO2. The molecule has 0 saturated carbocycles. The lowest BCUT2D eigenvalue weighted by molar-refractivity contribution is 0.425. The fourth-order valence-electron chi connectivity index (χ4n) is 1.47. The van der Waals surface area contributed by atoms with Gasteiger partial charge >= 0.3 is 7.12 Å². The first-order chi connectivity index (χ1) is 8.08. The Morgan fingerprint density at radius 1 is 1.06 bits per heavy atom. The second kappa shape index (κ2) is 4.61. The van der Waals surface area contributed by atoms with Crippen LogP contribution in [0.1, 0.15) is 0 Å². The fraction of sp³-hybridized carbons (Fsp3) is 0. The third-order valence-corrected chi connectivity index (χ3v) is 2.30. The van der Waals surface area contributed by atoms with Crippen molar-refractivity contribution >= 4 is 12.6 Å². The van der Waals surface area contributed by atoms with Gasteiger partial charge in [-0.25, -0.2) is 8.78 Å². The van der Waals surface area contributed by atoms with Crippen LogP contribution in [-0.2, 0) is 0 Å². The number of halogens is 2. The summed E-state index contributed by atoms with van der Waals surface area (Å²) >= 11 is 0. The van der Waals surface area contributed by atoms with Crippen LogP contribution in [0.3, 0.4) is 0 Å². The van der Waals surface area contributed by atoms with Gasteiger partial charge in [-0.15, -0.1) is 0 Å². The summed E-state index contributed by atoms with van der Waals surface area (Å²) in [6.07, 6.45) is 2.62. The third-order valence-electron chi connectivity index (χ3n) is 2.30. The molecule has 2 N–H and O–H groups in total. The Morgan fingerprint density at radius 2 is 1.82 bits per heavy atom. The highest BCUT2D eigenvalue weighted by atomic mass is 19.1. The molecule has 0 bridgehead atoms. The fourth-order valence-corrected chi connectivity index (χ4v) is 1.47. The highest BCUT2D eigenvalue weighted by Crippen LogP contribution is 2.21. The SMILES string of the molecule is OB(O)c1cncc(-c2ccc(F)cc2F)c1. The van der Waals surface area contributed by atoms with Gasteiger partial charge in [0.25, 0.3) is 0 Å². The van der Waals surface area contributed by atoms with Gasteiger partial charge in [0.2, 0.25) is 0 Å². The molecule has 86 valence electrons. The molecule has 0 radical (unpaired) electrons. The Morgan fingerprint density at radius 3 is 2.47 bits per heavy atom. The van der Waals surface area contributed by atoms with Crippen LogP contribution in [0.5, 0.6) is 0 Å². The van der Waals surface area contributed by atoms with Crippen LogP contribution in [0.2, 0.25) is 0 Å². The zero-order chi connectivity index (χ0) is 12.4. The van der Waals surface area contributed by atoms with E-state index >= 15 is 0 Å². The van der Waals surface area contributed by atoms with Crippen molar-refractivity contribution in [3.05, 3.63) is 48.3 Å². The van der Waals surface area contributed by atoms with Gasteiger partial charge in [0.05, 0.1) is 0 Å². The second-order valence-corrected chi connectivity index (χ2v) is 3.50. The molecular weight excluding hydrogens is 227 g/mol. The first kappa shape index (κ1) is 11.7. The molecule has 0 aliphatic heterocycles. The van der Waals surface area contributed by atoms with Gasteiger partial charge < -0.3 is 10.0 Å². The third kappa shape index (κ3) is 2.48. The molecule has 0 saturated heterocycles. The predicted molar refractivity (Wildman–Crippen MR) is 59.4 cm³/mol. The summed E-state index contributed by atoms with van der Waals surface area (Å²) in [4.78, 5) is 3.77. The molecule has 0 fully saturated rings. The number of rotatable bonds is 2. The maximum absolute atomic E-state index is 13.5. The van der Waals surface area contributed by atoms with Crippen LogP contribution in [0, 0.1) is 11.6 Å². The quantitative estimate of drug-likeness (QED) is 0.753. The lowest BCUT2D eigenvalue weighted by Crippen LogP contribution is -2.30. The van der Waals surface area contributed by atoms with E-state index in [2.05, 4.69) is 4.98 Å². The predicted octanol–water partition coefficient (Wildman–Crippen LogP) is 0.707. The molecule has 1 aromatic carbocycles. The average Bonchev–Trinajstić information content (AvgIpc) is 2.29. The van der Waals surface area contributed by atoms with E-state index in [0.717, 1.165) is 12.1 Å². The number of aromatic nitrogens is 1. The number of benzene rings is 1. The van der Waals surface area contributed by atoms with E-state index in [4.69, 9.17) is 10.0 Å². The lowest BCUT2D eigenvalue weighted by Gasteiger charge is -2.05. The minimum Gasteiger partial charge on any atom is -0.423 e. The standard InChI is InChI=1S/C11H8BF2NO2/c13-9-1-2-10(11(14)4-9)7-3-8(12(16)17)6-15-5-7/h1-6,16-17H. The highest BCUT2D eigenvalue weighted by Gasteiger charge is 2.13. The Hall–Kier alpha value is -1.79. The molecule has 2 rings (SSSR count). The van der Waals surface area contributed by atoms with E-state index in [1.54, 1.807) is 0 Å². The average molecular weight is 235 g/mol. The van der Waals surface area contributed by atoms with Crippen molar-refractivity contribution in [1.29, 1.82) is 0 Å². The first-order valence-corrected chi connectivity index (χ1v) is 4.84. The van der Waals surface area contributed by atoms with Crippen molar-refractivity contribution in [3.8, 4) is 11.1 Å². The second-order valence-electron chi connectivity index (χ2n) is 3.50. The van der Waals surface area contributed by atoms with E-state index in [9.17, 15) is 8.78 Å². The molecule has 2 aromatic rings. The molecule has 6 heteroatoms. The summed E-state index contributed by atoms with van der Waals surface area (Å²) in [6.45, 7) is 0. The topological polar surface area (TPSA) is 53.4 Å². The maximum Gasteiger partial charge on any atom is 0.490 e. The zero-order valence-electron chi connectivity index (χ0n) is 8.64.